The average molecular weight is 655 g/mol. The SMILES string of the molecule is CC(C)(C)c1c2ccccc2c(-c2ccc3c(c2)C2C=CC=C(c4c5ccccc5c(-c5ccccc5)c5ccccc45)C2O3)c2ccccc12. The maximum atomic E-state index is 7.00. The normalized spacial score (nSPS) is 16.7. The van der Waals surface area contributed by atoms with Crippen LogP contribution in [-0.2, 0) is 5.41 Å². The van der Waals surface area contributed by atoms with Crippen molar-refractivity contribution in [3.63, 3.8) is 0 Å². The maximum absolute atomic E-state index is 7.00. The average Bonchev–Trinajstić information content (AvgIpc) is 3.54. The molecule has 0 spiro atoms. The van der Waals surface area contributed by atoms with E-state index >= 15 is 0 Å². The van der Waals surface area contributed by atoms with Crippen LogP contribution in [0, 0.1) is 0 Å². The van der Waals surface area contributed by atoms with Gasteiger partial charge in [0.05, 0.1) is 0 Å². The van der Waals surface area contributed by atoms with E-state index < -0.39 is 0 Å². The highest BCUT2D eigenvalue weighted by atomic mass is 16.5. The molecule has 0 N–H and O–H groups in total. The lowest BCUT2D eigenvalue weighted by Crippen LogP contribution is -2.21. The third-order valence-electron chi connectivity index (χ3n) is 11.1. The maximum Gasteiger partial charge on any atom is 0.135 e. The fourth-order valence-corrected chi connectivity index (χ4v) is 9.11. The third-order valence-corrected chi connectivity index (χ3v) is 11.1. The molecule has 0 bridgehead atoms. The molecule has 10 rings (SSSR count). The fourth-order valence-electron chi connectivity index (χ4n) is 9.11. The summed E-state index contributed by atoms with van der Waals surface area (Å²) < 4.78 is 7.00. The summed E-state index contributed by atoms with van der Waals surface area (Å²) in [5, 5.41) is 10.3. The van der Waals surface area contributed by atoms with Gasteiger partial charge in [-0.15, -0.1) is 0 Å². The number of fused-ring (bicyclic) bond motifs is 7. The lowest BCUT2D eigenvalue weighted by atomic mass is 9.77. The lowest BCUT2D eigenvalue weighted by molar-refractivity contribution is 0.278. The van der Waals surface area contributed by atoms with E-state index in [2.05, 4.69) is 185 Å². The molecule has 2 unspecified atom stereocenters. The predicted molar refractivity (Wildman–Crippen MR) is 217 cm³/mol. The number of allylic oxidation sites excluding steroid dienone is 2. The van der Waals surface area contributed by atoms with E-state index in [0.29, 0.717) is 0 Å². The van der Waals surface area contributed by atoms with Gasteiger partial charge in [-0.1, -0.05) is 172 Å². The summed E-state index contributed by atoms with van der Waals surface area (Å²) in [7, 11) is 0. The third kappa shape index (κ3) is 4.54. The second-order valence-corrected chi connectivity index (χ2v) is 15.1. The Bertz CT molecular complexity index is 2640. The molecule has 1 heterocycles. The van der Waals surface area contributed by atoms with Gasteiger partial charge < -0.3 is 4.74 Å². The van der Waals surface area contributed by atoms with Crippen molar-refractivity contribution in [1.82, 2.24) is 0 Å². The molecule has 1 nitrogen and oxygen atoms in total. The van der Waals surface area contributed by atoms with Crippen molar-refractivity contribution in [3.05, 3.63) is 181 Å². The summed E-state index contributed by atoms with van der Waals surface area (Å²) in [6.07, 6.45) is 6.76. The first-order valence-electron chi connectivity index (χ1n) is 18.1. The van der Waals surface area contributed by atoms with E-state index in [4.69, 9.17) is 4.74 Å². The highest BCUT2D eigenvalue weighted by molar-refractivity contribution is 6.19. The molecule has 1 aliphatic carbocycles. The standard InChI is InChI=1S/C50H38O/c1-50(2,3)48-39-24-13-11-22-37(39)46(38-23-12-14-25-40(38)48)32-28-29-44-43(30-32)41-26-15-27-42(49(41)51-44)47-35-20-9-7-18-33(35)45(31-16-5-4-6-17-31)34-19-8-10-21-36(34)47/h4-30,41,49H,1-3H3. The van der Waals surface area contributed by atoms with Crippen molar-refractivity contribution in [2.45, 2.75) is 38.2 Å². The Hall–Kier alpha value is -5.92. The zero-order valence-electron chi connectivity index (χ0n) is 29.2. The first-order chi connectivity index (χ1) is 25.0. The van der Waals surface area contributed by atoms with Crippen molar-refractivity contribution < 1.29 is 4.74 Å². The molecule has 0 aromatic heterocycles. The van der Waals surface area contributed by atoms with Gasteiger partial charge in [-0.3, -0.25) is 0 Å². The van der Waals surface area contributed by atoms with Gasteiger partial charge in [0.2, 0.25) is 0 Å². The predicted octanol–water partition coefficient (Wildman–Crippen LogP) is 13.4. The van der Waals surface area contributed by atoms with E-state index in [1.807, 2.05) is 0 Å². The van der Waals surface area contributed by atoms with Gasteiger partial charge in [-0.25, -0.2) is 0 Å². The van der Waals surface area contributed by atoms with Crippen LogP contribution in [0.25, 0.3) is 70.9 Å². The van der Waals surface area contributed by atoms with Crippen molar-refractivity contribution in [3.8, 4) is 28.0 Å². The van der Waals surface area contributed by atoms with E-state index in [1.54, 1.807) is 0 Å². The molecule has 0 radical (unpaired) electrons. The molecule has 0 amide bonds. The van der Waals surface area contributed by atoms with Gasteiger partial charge in [0.25, 0.3) is 0 Å². The van der Waals surface area contributed by atoms with Crippen molar-refractivity contribution in [2.24, 2.45) is 0 Å². The van der Waals surface area contributed by atoms with E-state index in [9.17, 15) is 0 Å². The summed E-state index contributed by atoms with van der Waals surface area (Å²) in [6.45, 7) is 6.99. The van der Waals surface area contributed by atoms with Crippen LogP contribution in [0.15, 0.2) is 164 Å². The number of benzene rings is 8. The molecule has 0 fully saturated rings. The molecule has 2 atom stereocenters. The summed E-state index contributed by atoms with van der Waals surface area (Å²) in [5.74, 6) is 1.08. The second kappa shape index (κ2) is 11.3. The van der Waals surface area contributed by atoms with Gasteiger partial charge in [-0.2, -0.15) is 0 Å². The molecular weight excluding hydrogens is 617 g/mol. The van der Waals surface area contributed by atoms with E-state index in [0.717, 1.165) is 5.75 Å². The molecule has 2 aliphatic rings. The number of hydrogen-bond donors (Lipinski definition) is 0. The number of ether oxygens (including phenoxy) is 1. The van der Waals surface area contributed by atoms with Gasteiger partial charge >= 0.3 is 0 Å². The number of rotatable bonds is 3. The van der Waals surface area contributed by atoms with Crippen LogP contribution in [0.4, 0.5) is 0 Å². The Morgan fingerprint density at radius 3 is 1.49 bits per heavy atom. The molecular formula is C50H38O. The zero-order chi connectivity index (χ0) is 34.3. The van der Waals surface area contributed by atoms with E-state index in [1.165, 1.54) is 87.6 Å². The van der Waals surface area contributed by atoms with Crippen LogP contribution in [0.3, 0.4) is 0 Å². The van der Waals surface area contributed by atoms with Gasteiger partial charge in [0, 0.05) is 17.1 Å². The summed E-state index contributed by atoms with van der Waals surface area (Å²) >= 11 is 0. The van der Waals surface area contributed by atoms with Crippen LogP contribution in [0.1, 0.15) is 43.4 Å². The van der Waals surface area contributed by atoms with Crippen LogP contribution >= 0.6 is 0 Å². The molecule has 51 heavy (non-hydrogen) atoms. The fraction of sp³-hybridized carbons (Fsp3) is 0.120. The minimum absolute atomic E-state index is 0.00000329. The summed E-state index contributed by atoms with van der Waals surface area (Å²) in [6, 6.07) is 53.4. The molecule has 0 saturated carbocycles. The summed E-state index contributed by atoms with van der Waals surface area (Å²) in [4.78, 5) is 0. The molecule has 244 valence electrons. The quantitative estimate of drug-likeness (QED) is 0.172. The largest absolute Gasteiger partial charge is 0.484 e. The lowest BCUT2D eigenvalue weighted by Gasteiger charge is -2.26. The number of hydrogen-bond acceptors (Lipinski definition) is 1. The Kier molecular flexibility index (Phi) is 6.64. The van der Waals surface area contributed by atoms with Crippen LogP contribution in [-0.4, -0.2) is 6.10 Å². The monoisotopic (exact) mass is 654 g/mol. The molecule has 1 aliphatic heterocycles. The molecule has 0 saturated heterocycles. The van der Waals surface area contributed by atoms with Gasteiger partial charge in [-0.05, 0) is 94.0 Å². The van der Waals surface area contributed by atoms with Crippen LogP contribution in [0.2, 0.25) is 0 Å². The van der Waals surface area contributed by atoms with Crippen molar-refractivity contribution >= 4 is 48.7 Å². The Balaban J connectivity index is 1.15. The van der Waals surface area contributed by atoms with Crippen molar-refractivity contribution in [1.29, 1.82) is 0 Å². The van der Waals surface area contributed by atoms with Gasteiger partial charge in [0.15, 0.2) is 0 Å². The molecule has 8 aromatic rings. The van der Waals surface area contributed by atoms with E-state index in [-0.39, 0.29) is 17.4 Å². The first-order valence-corrected chi connectivity index (χ1v) is 18.1. The molecule has 8 aromatic carbocycles. The highest BCUT2D eigenvalue weighted by Crippen LogP contribution is 2.52. The Morgan fingerprint density at radius 1 is 0.471 bits per heavy atom. The minimum atomic E-state index is -0.119. The Labute approximate surface area is 299 Å². The smallest absolute Gasteiger partial charge is 0.135 e. The molecule has 1 heteroatoms. The zero-order valence-corrected chi connectivity index (χ0v) is 29.2. The first kappa shape index (κ1) is 29.9. The van der Waals surface area contributed by atoms with Crippen LogP contribution in [0.5, 0.6) is 5.75 Å². The highest BCUT2D eigenvalue weighted by Gasteiger charge is 2.38. The Morgan fingerprint density at radius 2 is 0.941 bits per heavy atom. The van der Waals surface area contributed by atoms with Crippen LogP contribution < -0.4 is 4.74 Å². The minimum Gasteiger partial charge on any atom is -0.484 e. The summed E-state index contributed by atoms with van der Waals surface area (Å²) in [5.41, 5.74) is 10.2. The van der Waals surface area contributed by atoms with Crippen molar-refractivity contribution in [2.75, 3.05) is 0 Å². The second-order valence-electron chi connectivity index (χ2n) is 15.1. The van der Waals surface area contributed by atoms with Gasteiger partial charge in [0.1, 0.15) is 11.9 Å². The topological polar surface area (TPSA) is 9.23 Å².